The molecule has 0 atom stereocenters. The van der Waals surface area contributed by atoms with E-state index < -0.39 is 0 Å². The van der Waals surface area contributed by atoms with Gasteiger partial charge < -0.3 is 14.6 Å². The second kappa shape index (κ2) is 9.99. The van der Waals surface area contributed by atoms with Crippen LogP contribution in [0.5, 0.6) is 5.75 Å². The topological polar surface area (TPSA) is 56.1 Å². The first-order valence-electron chi connectivity index (χ1n) is 11.2. The number of rotatable bonds is 9. The van der Waals surface area contributed by atoms with E-state index in [1.807, 2.05) is 32.9 Å². The summed E-state index contributed by atoms with van der Waals surface area (Å²) in [7, 11) is 0. The molecule has 0 aliphatic heterocycles. The van der Waals surface area contributed by atoms with Crippen LogP contribution in [0.1, 0.15) is 50.6 Å². The first-order chi connectivity index (χ1) is 14.8. The maximum Gasteiger partial charge on any atom is 0.225 e. The van der Waals surface area contributed by atoms with Crippen LogP contribution in [0.4, 0.5) is 0 Å². The number of carbonyl (C=O) groups is 1. The third-order valence-electron chi connectivity index (χ3n) is 5.48. The molecule has 0 saturated carbocycles. The Morgan fingerprint density at radius 3 is 2.45 bits per heavy atom. The molecule has 0 aliphatic rings. The molecule has 0 radical (unpaired) electrons. The van der Waals surface area contributed by atoms with Crippen LogP contribution in [0.15, 0.2) is 42.5 Å². The molecule has 0 aliphatic carbocycles. The summed E-state index contributed by atoms with van der Waals surface area (Å²) in [6.07, 6.45) is 2.70. The number of carbonyl (C=O) groups excluding carboxylic acids is 1. The van der Waals surface area contributed by atoms with E-state index in [0.29, 0.717) is 13.2 Å². The number of para-hydroxylation sites is 3. The van der Waals surface area contributed by atoms with Crippen molar-refractivity contribution in [3.8, 4) is 5.75 Å². The van der Waals surface area contributed by atoms with E-state index in [9.17, 15) is 4.79 Å². The van der Waals surface area contributed by atoms with Gasteiger partial charge in [0, 0.05) is 24.9 Å². The largest absolute Gasteiger partial charge is 0.493 e. The van der Waals surface area contributed by atoms with Crippen LogP contribution in [-0.2, 0) is 17.8 Å². The van der Waals surface area contributed by atoms with Gasteiger partial charge >= 0.3 is 0 Å². The average Bonchev–Trinajstić information content (AvgIpc) is 3.06. The predicted molar refractivity (Wildman–Crippen MR) is 127 cm³/mol. The van der Waals surface area contributed by atoms with E-state index in [1.165, 1.54) is 11.1 Å². The number of hydrogen-bond donors (Lipinski definition) is 1. The third-order valence-corrected chi connectivity index (χ3v) is 5.48. The highest BCUT2D eigenvalue weighted by Crippen LogP contribution is 2.23. The molecule has 1 N–H and O–H groups in total. The highest BCUT2D eigenvalue weighted by atomic mass is 16.5. The van der Waals surface area contributed by atoms with Crippen molar-refractivity contribution in [1.82, 2.24) is 14.9 Å². The molecular formula is C26H35N3O2. The number of amides is 1. The van der Waals surface area contributed by atoms with Crippen molar-refractivity contribution in [2.24, 2.45) is 5.41 Å². The molecular weight excluding hydrogens is 386 g/mol. The summed E-state index contributed by atoms with van der Waals surface area (Å²) in [5.74, 6) is 2.09. The van der Waals surface area contributed by atoms with Crippen LogP contribution < -0.4 is 10.1 Å². The molecule has 0 unspecified atom stereocenters. The number of nitrogens with one attached hydrogen (secondary N) is 1. The standard InChI is InChI=1S/C26H35N3O2/c1-19-11-10-12-20(2)24(19)31-18-9-8-17-29-22-14-7-6-13-21(22)28-23(29)15-16-27-25(30)26(3,4)5/h6-7,10-14H,8-9,15-18H2,1-5H3,(H,27,30). The number of hydrogen-bond acceptors (Lipinski definition) is 3. The Morgan fingerprint density at radius 1 is 1.03 bits per heavy atom. The second-order valence-corrected chi connectivity index (χ2v) is 9.20. The predicted octanol–water partition coefficient (Wildman–Crippen LogP) is 5.22. The number of benzene rings is 2. The zero-order chi connectivity index (χ0) is 22.4. The number of aryl methyl sites for hydroxylation is 3. The quantitative estimate of drug-likeness (QED) is 0.482. The van der Waals surface area contributed by atoms with Gasteiger partial charge in [-0.3, -0.25) is 4.79 Å². The van der Waals surface area contributed by atoms with Crippen LogP contribution >= 0.6 is 0 Å². The van der Waals surface area contributed by atoms with E-state index in [4.69, 9.17) is 9.72 Å². The highest BCUT2D eigenvalue weighted by Gasteiger charge is 2.20. The van der Waals surface area contributed by atoms with Gasteiger partial charge in [-0.05, 0) is 49.9 Å². The Hall–Kier alpha value is -2.82. The van der Waals surface area contributed by atoms with Gasteiger partial charge in [-0.15, -0.1) is 0 Å². The molecule has 166 valence electrons. The molecule has 2 aromatic carbocycles. The summed E-state index contributed by atoms with van der Waals surface area (Å²) >= 11 is 0. The average molecular weight is 422 g/mol. The van der Waals surface area contributed by atoms with Gasteiger partial charge in [0.25, 0.3) is 0 Å². The molecule has 3 aromatic rings. The molecule has 1 aromatic heterocycles. The summed E-state index contributed by atoms with van der Waals surface area (Å²) in [6.45, 7) is 12.1. The van der Waals surface area contributed by atoms with Gasteiger partial charge in [-0.2, -0.15) is 0 Å². The van der Waals surface area contributed by atoms with E-state index >= 15 is 0 Å². The van der Waals surface area contributed by atoms with Gasteiger partial charge in [0.2, 0.25) is 5.91 Å². The highest BCUT2D eigenvalue weighted by molar-refractivity contribution is 5.81. The number of imidazole rings is 1. The lowest BCUT2D eigenvalue weighted by Crippen LogP contribution is -2.36. The van der Waals surface area contributed by atoms with E-state index in [1.54, 1.807) is 0 Å². The number of aromatic nitrogens is 2. The number of unbranched alkanes of at least 4 members (excludes halogenated alkanes) is 1. The number of nitrogens with zero attached hydrogens (tertiary/aromatic N) is 2. The molecule has 31 heavy (non-hydrogen) atoms. The molecule has 1 amide bonds. The van der Waals surface area contributed by atoms with Crippen molar-refractivity contribution in [3.05, 3.63) is 59.4 Å². The molecule has 0 saturated heterocycles. The molecule has 3 rings (SSSR count). The van der Waals surface area contributed by atoms with Gasteiger partial charge in [0.1, 0.15) is 11.6 Å². The van der Waals surface area contributed by atoms with Gasteiger partial charge in [-0.1, -0.05) is 51.1 Å². The molecule has 5 heteroatoms. The van der Waals surface area contributed by atoms with Crippen molar-refractivity contribution in [1.29, 1.82) is 0 Å². The van der Waals surface area contributed by atoms with Crippen LogP contribution in [-0.4, -0.2) is 28.6 Å². The summed E-state index contributed by atoms with van der Waals surface area (Å²) in [4.78, 5) is 17.0. The lowest BCUT2D eigenvalue weighted by atomic mass is 9.96. The van der Waals surface area contributed by atoms with Crippen molar-refractivity contribution < 1.29 is 9.53 Å². The van der Waals surface area contributed by atoms with E-state index in [0.717, 1.165) is 48.4 Å². The Kier molecular flexibility index (Phi) is 7.37. The van der Waals surface area contributed by atoms with Gasteiger partial charge in [-0.25, -0.2) is 4.98 Å². The molecule has 0 spiro atoms. The van der Waals surface area contributed by atoms with Crippen molar-refractivity contribution in [3.63, 3.8) is 0 Å². The fourth-order valence-electron chi connectivity index (χ4n) is 3.69. The monoisotopic (exact) mass is 421 g/mol. The van der Waals surface area contributed by atoms with Crippen molar-refractivity contribution in [2.45, 2.75) is 60.4 Å². The molecule has 0 fully saturated rings. The van der Waals surface area contributed by atoms with Crippen LogP contribution in [0.25, 0.3) is 11.0 Å². The minimum Gasteiger partial charge on any atom is -0.493 e. The second-order valence-electron chi connectivity index (χ2n) is 9.20. The van der Waals surface area contributed by atoms with Crippen LogP contribution in [0, 0.1) is 19.3 Å². The lowest BCUT2D eigenvalue weighted by Gasteiger charge is -2.17. The third kappa shape index (κ3) is 5.87. The number of fused-ring (bicyclic) bond motifs is 1. The minimum absolute atomic E-state index is 0.0683. The number of ether oxygens (including phenoxy) is 1. The van der Waals surface area contributed by atoms with Crippen molar-refractivity contribution in [2.75, 3.05) is 13.2 Å². The summed E-state index contributed by atoms with van der Waals surface area (Å²) in [6, 6.07) is 14.5. The summed E-state index contributed by atoms with van der Waals surface area (Å²) in [5.41, 5.74) is 4.14. The van der Waals surface area contributed by atoms with E-state index in [-0.39, 0.29) is 11.3 Å². The maximum absolute atomic E-state index is 12.2. The van der Waals surface area contributed by atoms with Gasteiger partial charge in [0.15, 0.2) is 0 Å². The van der Waals surface area contributed by atoms with E-state index in [2.05, 4.69) is 54.1 Å². The fourth-order valence-corrected chi connectivity index (χ4v) is 3.69. The Balaban J connectivity index is 1.59. The molecule has 0 bridgehead atoms. The molecule has 1 heterocycles. The van der Waals surface area contributed by atoms with Crippen molar-refractivity contribution >= 4 is 16.9 Å². The normalized spacial score (nSPS) is 11.6. The Bertz CT molecular complexity index is 1010. The summed E-state index contributed by atoms with van der Waals surface area (Å²) in [5, 5.41) is 3.04. The smallest absolute Gasteiger partial charge is 0.225 e. The Morgan fingerprint density at radius 2 is 1.74 bits per heavy atom. The van der Waals surface area contributed by atoms with Crippen LogP contribution in [0.3, 0.4) is 0 Å². The maximum atomic E-state index is 12.2. The first-order valence-corrected chi connectivity index (χ1v) is 11.2. The fraction of sp³-hybridized carbons (Fsp3) is 0.462. The first kappa shape index (κ1) is 22.9. The van der Waals surface area contributed by atoms with Gasteiger partial charge in [0.05, 0.1) is 17.6 Å². The zero-order valence-electron chi connectivity index (χ0n) is 19.5. The summed E-state index contributed by atoms with van der Waals surface area (Å²) < 4.78 is 8.34. The Labute approximate surface area is 185 Å². The lowest BCUT2D eigenvalue weighted by molar-refractivity contribution is -0.128. The van der Waals surface area contributed by atoms with Crippen LogP contribution in [0.2, 0.25) is 0 Å². The SMILES string of the molecule is Cc1cccc(C)c1OCCCCn1c(CCNC(=O)C(C)(C)C)nc2ccccc21. The zero-order valence-corrected chi connectivity index (χ0v) is 19.5. The molecule has 5 nitrogen and oxygen atoms in total. The minimum atomic E-state index is -0.379.